The molecule has 6 rings (SSSR count). The molecule has 53 heavy (non-hydrogen) atoms. The second kappa shape index (κ2) is 17.5. The molecule has 1 fully saturated rings. The first-order valence-corrected chi connectivity index (χ1v) is 19.4. The van der Waals surface area contributed by atoms with Crippen LogP contribution in [0.4, 0.5) is 11.4 Å². The van der Waals surface area contributed by atoms with Gasteiger partial charge in [0, 0.05) is 17.8 Å². The normalized spacial score (nSPS) is 13.5. The maximum atomic E-state index is 13.4. The topological polar surface area (TPSA) is 111 Å². The molecule has 1 saturated heterocycles. The van der Waals surface area contributed by atoms with Crippen LogP contribution in [0, 0.1) is 5.92 Å². The van der Waals surface area contributed by atoms with Crippen molar-refractivity contribution in [2.45, 2.75) is 25.4 Å². The lowest BCUT2D eigenvalue weighted by Gasteiger charge is -2.16. The average Bonchev–Trinajstić information content (AvgIpc) is 3.67. The molecule has 15 heteroatoms. The van der Waals surface area contributed by atoms with E-state index in [1.54, 1.807) is 43.5 Å². The third kappa shape index (κ3) is 9.35. The van der Waals surface area contributed by atoms with Crippen LogP contribution in [0.2, 0.25) is 10.0 Å². The molecule has 2 heterocycles. The number of benzene rings is 4. The molecule has 2 N–H and O–H groups in total. The fraction of sp³-hybridized carbons (Fsp3) is 0.184. The number of methoxy groups -OCH3 is 1. The first kappa shape index (κ1) is 38.2. The van der Waals surface area contributed by atoms with Gasteiger partial charge < -0.3 is 14.8 Å². The summed E-state index contributed by atoms with van der Waals surface area (Å²) in [6, 6.07) is 28.2. The Labute approximate surface area is 331 Å². The number of ether oxygens (including phenoxy) is 2. The molecule has 0 saturated carbocycles. The monoisotopic (exact) mass is 804 g/mol. The Morgan fingerprint density at radius 2 is 1.72 bits per heavy atom. The lowest BCUT2D eigenvalue weighted by atomic mass is 10.1. The highest BCUT2D eigenvalue weighted by Gasteiger charge is 2.34. The van der Waals surface area contributed by atoms with Gasteiger partial charge >= 0.3 is 0 Å². The molecule has 0 bridgehead atoms. The fourth-order valence-corrected chi connectivity index (χ4v) is 7.65. The SMILES string of the molecule is COc1cc(/C=C2\SC(=S)N(NC(=O)CSc3nnc(Cc4ccccc4Nc4c(Cl)cccc4Cl)n3-c3ccccc3)C2=O)ccc1OCC(C)C. The van der Waals surface area contributed by atoms with Crippen LogP contribution in [0.1, 0.15) is 30.8 Å². The molecule has 10 nitrogen and oxygen atoms in total. The number of halogens is 2. The highest BCUT2D eigenvalue weighted by Crippen LogP contribution is 2.36. The van der Waals surface area contributed by atoms with Crippen molar-refractivity contribution >= 4 is 92.5 Å². The van der Waals surface area contributed by atoms with Crippen molar-refractivity contribution in [2.24, 2.45) is 5.92 Å². The first-order chi connectivity index (χ1) is 25.6. The highest BCUT2D eigenvalue weighted by atomic mass is 35.5. The summed E-state index contributed by atoms with van der Waals surface area (Å²) in [4.78, 5) is 27.0. The lowest BCUT2D eigenvalue weighted by molar-refractivity contribution is -0.131. The average molecular weight is 806 g/mol. The van der Waals surface area contributed by atoms with E-state index in [9.17, 15) is 9.59 Å². The molecule has 1 aromatic heterocycles. The van der Waals surface area contributed by atoms with E-state index in [2.05, 4.69) is 34.8 Å². The van der Waals surface area contributed by atoms with Gasteiger partial charge in [-0.3, -0.25) is 19.6 Å². The van der Waals surface area contributed by atoms with Gasteiger partial charge in [0.25, 0.3) is 5.91 Å². The Bertz CT molecular complexity index is 2160. The van der Waals surface area contributed by atoms with Crippen LogP contribution in [-0.2, 0) is 16.0 Å². The number of anilines is 2. The van der Waals surface area contributed by atoms with E-state index in [4.69, 9.17) is 44.9 Å². The number of nitrogens with one attached hydrogen (secondary N) is 2. The van der Waals surface area contributed by atoms with Gasteiger partial charge in [0.1, 0.15) is 5.82 Å². The van der Waals surface area contributed by atoms with Gasteiger partial charge in [-0.05, 0) is 77.8 Å². The second-order valence-corrected chi connectivity index (χ2v) is 15.5. The number of hydrazine groups is 1. The van der Waals surface area contributed by atoms with Crippen molar-refractivity contribution in [1.82, 2.24) is 25.2 Å². The number of carbonyl (C=O) groups is 2. The molecule has 0 atom stereocenters. The number of thiocarbonyl (C=S) groups is 1. The van der Waals surface area contributed by atoms with Gasteiger partial charge in [0.15, 0.2) is 21.0 Å². The van der Waals surface area contributed by atoms with E-state index in [1.807, 2.05) is 65.2 Å². The largest absolute Gasteiger partial charge is 0.493 e. The molecule has 1 aliphatic rings. The zero-order valence-corrected chi connectivity index (χ0v) is 32.8. The summed E-state index contributed by atoms with van der Waals surface area (Å²) in [5.41, 5.74) is 6.55. The summed E-state index contributed by atoms with van der Waals surface area (Å²) >= 11 is 20.7. The highest BCUT2D eigenvalue weighted by molar-refractivity contribution is 8.26. The minimum atomic E-state index is -0.434. The van der Waals surface area contributed by atoms with Gasteiger partial charge in [-0.1, -0.05) is 109 Å². The number of carbonyl (C=O) groups excluding carboxylic acids is 2. The minimum Gasteiger partial charge on any atom is -0.493 e. The van der Waals surface area contributed by atoms with Crippen molar-refractivity contribution in [1.29, 1.82) is 0 Å². The number of aromatic nitrogens is 3. The Morgan fingerprint density at radius 3 is 2.45 bits per heavy atom. The van der Waals surface area contributed by atoms with Crippen molar-refractivity contribution in [3.05, 3.63) is 123 Å². The van der Waals surface area contributed by atoms with Crippen molar-refractivity contribution < 1.29 is 19.1 Å². The van der Waals surface area contributed by atoms with E-state index < -0.39 is 11.8 Å². The Balaban J connectivity index is 1.15. The van der Waals surface area contributed by atoms with Crippen LogP contribution < -0.4 is 20.2 Å². The van der Waals surface area contributed by atoms with Crippen LogP contribution in [0.25, 0.3) is 11.8 Å². The summed E-state index contributed by atoms with van der Waals surface area (Å²) in [5.74, 6) is 1.25. The maximum absolute atomic E-state index is 13.4. The van der Waals surface area contributed by atoms with Gasteiger partial charge in [-0.15, -0.1) is 10.2 Å². The van der Waals surface area contributed by atoms with Crippen LogP contribution in [0.3, 0.4) is 0 Å². The van der Waals surface area contributed by atoms with Crippen LogP contribution in [0.5, 0.6) is 11.5 Å². The minimum absolute atomic E-state index is 0.0563. The third-order valence-electron chi connectivity index (χ3n) is 7.72. The van der Waals surface area contributed by atoms with Crippen LogP contribution in [-0.4, -0.2) is 55.4 Å². The molecule has 272 valence electrons. The van der Waals surface area contributed by atoms with Crippen molar-refractivity contribution in [2.75, 3.05) is 24.8 Å². The first-order valence-electron chi connectivity index (χ1n) is 16.4. The molecule has 0 unspecified atom stereocenters. The standard InChI is InChI=1S/C38H34Cl2N6O4S3/c1-23(2)21-50-30-17-16-24(18-31(30)49-3)19-32-36(48)46(38(51)53-32)44-34(47)22-52-37-43-42-33(45(37)26-11-5-4-6-12-26)20-25-10-7-8-15-29(25)41-35-27(39)13-9-14-28(35)40/h4-19,23,41H,20-22H2,1-3H3,(H,44,47)/b32-19-. The Hall–Kier alpha value is -4.53. The third-order valence-corrected chi connectivity index (χ3v) is 10.6. The molecule has 2 amide bonds. The van der Waals surface area contributed by atoms with E-state index >= 15 is 0 Å². The van der Waals surface area contributed by atoms with Crippen molar-refractivity contribution in [3.63, 3.8) is 0 Å². The molecular weight excluding hydrogens is 772 g/mol. The van der Waals surface area contributed by atoms with E-state index in [-0.39, 0.29) is 10.1 Å². The summed E-state index contributed by atoms with van der Waals surface area (Å²) < 4.78 is 13.5. The molecule has 0 aliphatic carbocycles. The zero-order chi connectivity index (χ0) is 37.5. The molecule has 4 aromatic carbocycles. The maximum Gasteiger partial charge on any atom is 0.285 e. The number of hydrogen-bond donors (Lipinski definition) is 2. The van der Waals surface area contributed by atoms with Gasteiger partial charge in [-0.25, -0.2) is 0 Å². The zero-order valence-electron chi connectivity index (χ0n) is 28.8. The molecule has 0 radical (unpaired) electrons. The number of para-hydroxylation sites is 3. The van der Waals surface area contributed by atoms with Crippen LogP contribution in [0.15, 0.2) is 101 Å². The predicted octanol–water partition coefficient (Wildman–Crippen LogP) is 8.98. The number of nitrogens with zero attached hydrogens (tertiary/aromatic N) is 4. The number of hydrogen-bond acceptors (Lipinski definition) is 10. The van der Waals surface area contributed by atoms with E-state index in [1.165, 1.54) is 11.8 Å². The quantitative estimate of drug-likeness (QED) is 0.0641. The summed E-state index contributed by atoms with van der Waals surface area (Å²) in [6.45, 7) is 4.68. The number of thioether (sulfide) groups is 2. The van der Waals surface area contributed by atoms with E-state index in [0.29, 0.717) is 62.1 Å². The number of amides is 2. The smallest absolute Gasteiger partial charge is 0.285 e. The van der Waals surface area contributed by atoms with E-state index in [0.717, 1.165) is 39.3 Å². The molecular formula is C38H34Cl2N6O4S3. The molecule has 1 aliphatic heterocycles. The van der Waals surface area contributed by atoms with Crippen LogP contribution >= 0.6 is 58.9 Å². The van der Waals surface area contributed by atoms with Crippen molar-refractivity contribution in [3.8, 4) is 17.2 Å². The summed E-state index contributed by atoms with van der Waals surface area (Å²) in [7, 11) is 1.56. The molecule has 0 spiro atoms. The summed E-state index contributed by atoms with van der Waals surface area (Å²) in [5, 5.41) is 14.9. The van der Waals surface area contributed by atoms with Gasteiger partial charge in [0.2, 0.25) is 5.91 Å². The second-order valence-electron chi connectivity index (χ2n) is 12.1. The predicted molar refractivity (Wildman–Crippen MR) is 218 cm³/mol. The Kier molecular flexibility index (Phi) is 12.6. The fourth-order valence-electron chi connectivity index (χ4n) is 5.22. The molecule has 5 aromatic rings. The summed E-state index contributed by atoms with van der Waals surface area (Å²) in [6.07, 6.45) is 2.11. The van der Waals surface area contributed by atoms with Gasteiger partial charge in [-0.2, -0.15) is 5.01 Å². The number of rotatable bonds is 14. The lowest BCUT2D eigenvalue weighted by Crippen LogP contribution is -2.45. The Morgan fingerprint density at radius 1 is 0.981 bits per heavy atom. The van der Waals surface area contributed by atoms with Gasteiger partial charge in [0.05, 0.1) is 40.1 Å².